The zero-order valence-corrected chi connectivity index (χ0v) is 17.4. The molecule has 1 aliphatic rings. The Morgan fingerprint density at radius 3 is 2.58 bits per heavy atom. The second-order valence-electron chi connectivity index (χ2n) is 6.47. The van der Waals surface area contributed by atoms with E-state index in [9.17, 15) is 9.59 Å². The maximum absolute atomic E-state index is 12.6. The molecule has 1 amide bonds. The van der Waals surface area contributed by atoms with Crippen molar-refractivity contribution in [3.05, 3.63) is 50.3 Å². The molecule has 0 fully saturated rings. The molecule has 0 radical (unpaired) electrons. The third-order valence-corrected chi connectivity index (χ3v) is 6.20. The molecular formula is C19H21BrN2O3S. The predicted molar refractivity (Wildman–Crippen MR) is 107 cm³/mol. The van der Waals surface area contributed by atoms with Crippen LogP contribution in [0.4, 0.5) is 5.00 Å². The quantitative estimate of drug-likeness (QED) is 0.725. The van der Waals surface area contributed by atoms with Crippen molar-refractivity contribution in [3.63, 3.8) is 0 Å². The lowest BCUT2D eigenvalue weighted by Crippen LogP contribution is -2.35. The second kappa shape index (κ2) is 7.90. The van der Waals surface area contributed by atoms with Crippen LogP contribution in [0.5, 0.6) is 0 Å². The SMILES string of the molecule is COC(=O)c1c(NC(=O)c2ccc(Br)cc2)sc2c1CCN(C(C)C)C2. The number of carbonyl (C=O) groups excluding carboxylic acids is 2. The highest BCUT2D eigenvalue weighted by atomic mass is 79.9. The molecule has 0 aliphatic carbocycles. The van der Waals surface area contributed by atoms with Gasteiger partial charge in [0.15, 0.2) is 0 Å². The van der Waals surface area contributed by atoms with Crippen molar-refractivity contribution in [3.8, 4) is 0 Å². The van der Waals surface area contributed by atoms with Crippen LogP contribution in [-0.2, 0) is 17.7 Å². The fourth-order valence-corrected chi connectivity index (χ4v) is 4.57. The zero-order chi connectivity index (χ0) is 18.8. The number of hydrogen-bond acceptors (Lipinski definition) is 5. The summed E-state index contributed by atoms with van der Waals surface area (Å²) in [6, 6.07) is 7.55. The van der Waals surface area contributed by atoms with Gasteiger partial charge in [0.1, 0.15) is 5.00 Å². The van der Waals surface area contributed by atoms with E-state index >= 15 is 0 Å². The van der Waals surface area contributed by atoms with Crippen molar-refractivity contribution >= 4 is 44.1 Å². The Bertz CT molecular complexity index is 830. The molecule has 3 rings (SSSR count). The van der Waals surface area contributed by atoms with E-state index < -0.39 is 5.97 Å². The van der Waals surface area contributed by atoms with Crippen molar-refractivity contribution in [1.82, 2.24) is 4.90 Å². The van der Waals surface area contributed by atoms with Gasteiger partial charge in [-0.15, -0.1) is 11.3 Å². The Labute approximate surface area is 165 Å². The van der Waals surface area contributed by atoms with Crippen LogP contribution in [0.25, 0.3) is 0 Å². The van der Waals surface area contributed by atoms with Gasteiger partial charge in [-0.05, 0) is 50.1 Å². The monoisotopic (exact) mass is 436 g/mol. The molecular weight excluding hydrogens is 416 g/mol. The molecule has 0 bridgehead atoms. The molecule has 1 aliphatic heterocycles. The largest absolute Gasteiger partial charge is 0.465 e. The molecule has 1 aromatic carbocycles. The summed E-state index contributed by atoms with van der Waals surface area (Å²) in [6.07, 6.45) is 0.780. The number of methoxy groups -OCH3 is 1. The number of hydrogen-bond donors (Lipinski definition) is 1. The van der Waals surface area contributed by atoms with Crippen molar-refractivity contribution in [2.45, 2.75) is 32.9 Å². The number of benzene rings is 1. The molecule has 0 saturated heterocycles. The zero-order valence-electron chi connectivity index (χ0n) is 15.0. The summed E-state index contributed by atoms with van der Waals surface area (Å²) in [4.78, 5) is 28.4. The van der Waals surface area contributed by atoms with Gasteiger partial charge in [-0.3, -0.25) is 9.69 Å². The van der Waals surface area contributed by atoms with Crippen LogP contribution in [0.2, 0.25) is 0 Å². The van der Waals surface area contributed by atoms with Crippen molar-refractivity contribution in [2.75, 3.05) is 19.0 Å². The molecule has 7 heteroatoms. The van der Waals surface area contributed by atoms with Gasteiger partial charge in [0.25, 0.3) is 5.91 Å². The Kier molecular flexibility index (Phi) is 5.79. The molecule has 2 heterocycles. The van der Waals surface area contributed by atoms with Crippen LogP contribution in [0, 0.1) is 0 Å². The number of carbonyl (C=O) groups is 2. The molecule has 2 aromatic rings. The van der Waals surface area contributed by atoms with E-state index in [-0.39, 0.29) is 5.91 Å². The lowest BCUT2D eigenvalue weighted by Gasteiger charge is -2.30. The van der Waals surface area contributed by atoms with Crippen molar-refractivity contribution in [1.29, 1.82) is 0 Å². The van der Waals surface area contributed by atoms with E-state index in [1.165, 1.54) is 18.4 Å². The summed E-state index contributed by atoms with van der Waals surface area (Å²) in [5, 5.41) is 3.48. The standard InChI is InChI=1S/C19H21BrN2O3S/c1-11(2)22-9-8-14-15(10-22)26-18(16(14)19(24)25-3)21-17(23)12-4-6-13(20)7-5-12/h4-7,11H,8-10H2,1-3H3,(H,21,23). The smallest absolute Gasteiger partial charge is 0.341 e. The number of halogens is 1. The van der Waals surface area contributed by atoms with Gasteiger partial charge in [-0.25, -0.2) is 4.79 Å². The number of amides is 1. The van der Waals surface area contributed by atoms with Crippen LogP contribution in [-0.4, -0.2) is 36.5 Å². The van der Waals surface area contributed by atoms with Crippen LogP contribution >= 0.6 is 27.3 Å². The molecule has 0 unspecified atom stereocenters. The van der Waals surface area contributed by atoms with Gasteiger partial charge >= 0.3 is 5.97 Å². The highest BCUT2D eigenvalue weighted by Gasteiger charge is 2.30. The fraction of sp³-hybridized carbons (Fsp3) is 0.368. The molecule has 1 aromatic heterocycles. The minimum Gasteiger partial charge on any atom is -0.465 e. The molecule has 26 heavy (non-hydrogen) atoms. The Balaban J connectivity index is 1.92. The number of esters is 1. The average Bonchev–Trinajstić information content (AvgIpc) is 2.98. The maximum Gasteiger partial charge on any atom is 0.341 e. The number of anilines is 1. The Hall–Kier alpha value is -1.70. The number of rotatable bonds is 4. The van der Waals surface area contributed by atoms with Gasteiger partial charge in [-0.2, -0.15) is 0 Å². The van der Waals surface area contributed by atoms with E-state index in [0.29, 0.717) is 22.2 Å². The lowest BCUT2D eigenvalue weighted by atomic mass is 10.0. The van der Waals surface area contributed by atoms with E-state index in [2.05, 4.69) is 40.0 Å². The highest BCUT2D eigenvalue weighted by Crippen LogP contribution is 2.38. The van der Waals surface area contributed by atoms with Gasteiger partial charge in [0, 0.05) is 34.0 Å². The minimum absolute atomic E-state index is 0.234. The first-order chi connectivity index (χ1) is 12.4. The Morgan fingerprint density at radius 2 is 1.96 bits per heavy atom. The first kappa shape index (κ1) is 19.1. The third-order valence-electron chi connectivity index (χ3n) is 4.54. The van der Waals surface area contributed by atoms with Gasteiger partial charge in [0.2, 0.25) is 0 Å². The van der Waals surface area contributed by atoms with Gasteiger partial charge < -0.3 is 10.1 Å². The minimum atomic E-state index is -0.397. The number of ether oxygens (including phenoxy) is 1. The number of nitrogens with one attached hydrogen (secondary N) is 1. The lowest BCUT2D eigenvalue weighted by molar-refractivity contribution is 0.0600. The van der Waals surface area contributed by atoms with Crippen molar-refractivity contribution in [2.24, 2.45) is 0 Å². The van der Waals surface area contributed by atoms with Crippen LogP contribution < -0.4 is 5.32 Å². The van der Waals surface area contributed by atoms with Gasteiger partial charge in [-0.1, -0.05) is 15.9 Å². The first-order valence-corrected chi connectivity index (χ1v) is 10.1. The topological polar surface area (TPSA) is 58.6 Å². The number of nitrogens with zero attached hydrogens (tertiary/aromatic N) is 1. The maximum atomic E-state index is 12.6. The van der Waals surface area contributed by atoms with E-state index in [0.717, 1.165) is 34.4 Å². The van der Waals surface area contributed by atoms with Crippen LogP contribution in [0.15, 0.2) is 28.7 Å². The number of fused-ring (bicyclic) bond motifs is 1. The normalized spacial score (nSPS) is 14.2. The van der Waals surface area contributed by atoms with E-state index in [1.54, 1.807) is 12.1 Å². The third kappa shape index (κ3) is 3.84. The molecule has 138 valence electrons. The highest BCUT2D eigenvalue weighted by molar-refractivity contribution is 9.10. The fourth-order valence-electron chi connectivity index (χ4n) is 3.05. The van der Waals surface area contributed by atoms with E-state index in [1.807, 2.05) is 12.1 Å². The molecule has 0 spiro atoms. The Morgan fingerprint density at radius 1 is 1.27 bits per heavy atom. The van der Waals surface area contributed by atoms with Crippen molar-refractivity contribution < 1.29 is 14.3 Å². The molecule has 1 N–H and O–H groups in total. The van der Waals surface area contributed by atoms with E-state index in [4.69, 9.17) is 4.74 Å². The summed E-state index contributed by atoms with van der Waals surface area (Å²) in [5.41, 5.74) is 2.05. The summed E-state index contributed by atoms with van der Waals surface area (Å²) >= 11 is 4.83. The van der Waals surface area contributed by atoms with Crippen LogP contribution in [0.1, 0.15) is 45.0 Å². The molecule has 0 saturated carbocycles. The number of thiophene rings is 1. The summed E-state index contributed by atoms with van der Waals surface area (Å²) < 4.78 is 5.88. The van der Waals surface area contributed by atoms with Crippen LogP contribution in [0.3, 0.4) is 0 Å². The predicted octanol–water partition coefficient (Wildman–Crippen LogP) is 4.32. The summed E-state index contributed by atoms with van der Waals surface area (Å²) in [5.74, 6) is -0.631. The molecule has 0 atom stereocenters. The average molecular weight is 437 g/mol. The summed E-state index contributed by atoms with van der Waals surface area (Å²) in [6.45, 7) is 6.01. The van der Waals surface area contributed by atoms with Gasteiger partial charge in [0.05, 0.1) is 12.7 Å². The second-order valence-corrected chi connectivity index (χ2v) is 8.50. The summed E-state index contributed by atoms with van der Waals surface area (Å²) in [7, 11) is 1.37. The molecule has 5 nitrogen and oxygen atoms in total. The first-order valence-electron chi connectivity index (χ1n) is 8.44.